The summed E-state index contributed by atoms with van der Waals surface area (Å²) in [5.74, 6) is 0. The molecule has 11 heavy (non-hydrogen) atoms. The molecule has 0 aromatic carbocycles. The van der Waals surface area contributed by atoms with Gasteiger partial charge in [0.2, 0.25) is 0 Å². The summed E-state index contributed by atoms with van der Waals surface area (Å²) in [4.78, 5) is 0. The molecule has 1 aliphatic rings. The van der Waals surface area contributed by atoms with Gasteiger partial charge in [-0.1, -0.05) is 24.1 Å². The van der Waals surface area contributed by atoms with Crippen molar-refractivity contribution in [2.75, 3.05) is 19.6 Å². The van der Waals surface area contributed by atoms with Gasteiger partial charge in [-0.3, -0.25) is 5.43 Å². The van der Waals surface area contributed by atoms with Crippen LogP contribution in [0, 0.1) is 0 Å². The molecule has 0 amide bonds. The number of hydrogen-bond donors (Lipinski definition) is 1. The molecule has 1 rings (SSSR count). The van der Waals surface area contributed by atoms with E-state index in [-0.39, 0.29) is 0 Å². The Morgan fingerprint density at radius 3 is 2.64 bits per heavy atom. The first kappa shape index (κ1) is 9.04. The molecule has 0 aliphatic carbocycles. The monoisotopic (exact) mass is 174 g/mol. The molecule has 0 spiro atoms. The molecule has 0 atom stereocenters. The van der Waals surface area contributed by atoms with Gasteiger partial charge in [0.15, 0.2) is 0 Å². The summed E-state index contributed by atoms with van der Waals surface area (Å²) in [5, 5.41) is 2.26. The van der Waals surface area contributed by atoms with Crippen LogP contribution in [0.25, 0.3) is 0 Å². The lowest BCUT2D eigenvalue weighted by atomic mass is 10.2. The molecular formula is C8H15ClN2. The summed E-state index contributed by atoms with van der Waals surface area (Å²) >= 11 is 5.38. The van der Waals surface area contributed by atoms with E-state index in [1.165, 1.54) is 32.4 Å². The molecule has 0 unspecified atom stereocenters. The second-order valence-electron chi connectivity index (χ2n) is 2.77. The fraction of sp³-hybridized carbons (Fsp3) is 0.750. The van der Waals surface area contributed by atoms with Crippen molar-refractivity contribution in [1.82, 2.24) is 10.4 Å². The lowest BCUT2D eigenvalue weighted by molar-refractivity contribution is 0.162. The summed E-state index contributed by atoms with van der Waals surface area (Å²) in [6.07, 6.45) is 5.93. The highest BCUT2D eigenvalue weighted by Gasteiger charge is 2.07. The molecule has 1 saturated heterocycles. The van der Waals surface area contributed by atoms with Crippen molar-refractivity contribution in [2.45, 2.75) is 19.3 Å². The molecule has 0 aromatic rings. The zero-order valence-corrected chi connectivity index (χ0v) is 7.48. The van der Waals surface area contributed by atoms with Gasteiger partial charge in [-0.05, 0) is 12.8 Å². The van der Waals surface area contributed by atoms with Crippen molar-refractivity contribution < 1.29 is 0 Å². The van der Waals surface area contributed by atoms with E-state index in [1.807, 2.05) is 6.08 Å². The van der Waals surface area contributed by atoms with Crippen molar-refractivity contribution in [1.29, 1.82) is 0 Å². The Morgan fingerprint density at radius 2 is 2.00 bits per heavy atom. The van der Waals surface area contributed by atoms with Crippen LogP contribution in [0.15, 0.2) is 11.6 Å². The molecule has 64 valence electrons. The largest absolute Gasteiger partial charge is 0.251 e. The summed E-state index contributed by atoms with van der Waals surface area (Å²) in [5.41, 5.74) is 4.84. The van der Waals surface area contributed by atoms with Crippen LogP contribution >= 0.6 is 11.6 Å². The average Bonchev–Trinajstić information content (AvgIpc) is 2.07. The summed E-state index contributed by atoms with van der Waals surface area (Å²) in [6.45, 7) is 3.20. The third-order valence-corrected chi connectivity index (χ3v) is 2.06. The van der Waals surface area contributed by atoms with Crippen molar-refractivity contribution in [2.24, 2.45) is 0 Å². The molecular weight excluding hydrogens is 160 g/mol. The van der Waals surface area contributed by atoms with Crippen LogP contribution in [0.4, 0.5) is 0 Å². The number of hydrogen-bond acceptors (Lipinski definition) is 2. The van der Waals surface area contributed by atoms with Crippen molar-refractivity contribution >= 4 is 11.6 Å². The topological polar surface area (TPSA) is 15.3 Å². The molecule has 1 N–H and O–H groups in total. The first-order valence-corrected chi connectivity index (χ1v) is 4.61. The Kier molecular flexibility index (Phi) is 4.59. The highest BCUT2D eigenvalue weighted by molar-refractivity contribution is 6.25. The Hall–Kier alpha value is -0.0500. The lowest BCUT2D eigenvalue weighted by Crippen LogP contribution is -2.41. The first-order chi connectivity index (χ1) is 5.43. The van der Waals surface area contributed by atoms with Crippen LogP contribution in [-0.4, -0.2) is 24.6 Å². The number of hydrazine groups is 1. The minimum atomic E-state index is 0.851. The van der Waals surface area contributed by atoms with Gasteiger partial charge < -0.3 is 0 Å². The van der Waals surface area contributed by atoms with Crippen molar-refractivity contribution in [3.05, 3.63) is 11.6 Å². The van der Waals surface area contributed by atoms with E-state index < -0.39 is 0 Å². The predicted molar refractivity (Wildman–Crippen MR) is 48.4 cm³/mol. The Bertz CT molecular complexity index is 119. The number of nitrogens with one attached hydrogen (secondary N) is 1. The summed E-state index contributed by atoms with van der Waals surface area (Å²) in [6, 6.07) is 0. The van der Waals surface area contributed by atoms with Gasteiger partial charge >= 0.3 is 0 Å². The molecule has 0 bridgehead atoms. The molecule has 1 heterocycles. The maximum atomic E-state index is 5.38. The normalized spacial score (nSPS) is 21.2. The van der Waals surface area contributed by atoms with Crippen LogP contribution in [0.5, 0.6) is 0 Å². The molecule has 3 heteroatoms. The summed E-state index contributed by atoms with van der Waals surface area (Å²) < 4.78 is 0. The van der Waals surface area contributed by atoms with Gasteiger partial charge in [-0.15, -0.1) is 0 Å². The highest BCUT2D eigenvalue weighted by atomic mass is 35.5. The van der Waals surface area contributed by atoms with Crippen LogP contribution in [0.2, 0.25) is 0 Å². The number of halogens is 1. The van der Waals surface area contributed by atoms with Crippen molar-refractivity contribution in [3.8, 4) is 0 Å². The predicted octanol–water partition coefficient (Wildman–Crippen LogP) is 1.73. The maximum Gasteiger partial charge on any atom is 0.0294 e. The Labute approximate surface area is 73.2 Å². The summed E-state index contributed by atoms with van der Waals surface area (Å²) in [7, 11) is 0. The van der Waals surface area contributed by atoms with Gasteiger partial charge in [-0.25, -0.2) is 5.01 Å². The minimum Gasteiger partial charge on any atom is -0.251 e. The van der Waals surface area contributed by atoms with E-state index in [1.54, 1.807) is 5.54 Å². The number of piperidine rings is 1. The van der Waals surface area contributed by atoms with E-state index in [0.29, 0.717) is 0 Å². The molecule has 0 aromatic heterocycles. The lowest BCUT2D eigenvalue weighted by Gasteiger charge is -2.26. The Balaban J connectivity index is 2.04. The van der Waals surface area contributed by atoms with E-state index in [4.69, 9.17) is 11.6 Å². The van der Waals surface area contributed by atoms with Gasteiger partial charge in [-0.2, -0.15) is 0 Å². The standard InChI is InChI=1S/C8H15ClN2/c9-5-4-6-10-11-7-2-1-3-8-11/h4-5,10H,1-3,6-8H2/b5-4+. The van der Waals surface area contributed by atoms with Gasteiger partial charge in [0.25, 0.3) is 0 Å². The molecule has 1 aliphatic heterocycles. The fourth-order valence-electron chi connectivity index (χ4n) is 1.28. The second-order valence-corrected chi connectivity index (χ2v) is 3.02. The molecule has 1 fully saturated rings. The smallest absolute Gasteiger partial charge is 0.0294 e. The average molecular weight is 175 g/mol. The van der Waals surface area contributed by atoms with E-state index in [0.717, 1.165) is 6.54 Å². The van der Waals surface area contributed by atoms with Crippen LogP contribution in [-0.2, 0) is 0 Å². The fourth-order valence-corrected chi connectivity index (χ4v) is 1.37. The van der Waals surface area contributed by atoms with Crippen LogP contribution in [0.1, 0.15) is 19.3 Å². The zero-order valence-electron chi connectivity index (χ0n) is 6.72. The van der Waals surface area contributed by atoms with Crippen molar-refractivity contribution in [3.63, 3.8) is 0 Å². The number of rotatable bonds is 3. The number of nitrogens with zero attached hydrogens (tertiary/aromatic N) is 1. The van der Waals surface area contributed by atoms with Crippen LogP contribution in [0.3, 0.4) is 0 Å². The van der Waals surface area contributed by atoms with E-state index in [2.05, 4.69) is 10.4 Å². The quantitative estimate of drug-likeness (QED) is 0.701. The van der Waals surface area contributed by atoms with Gasteiger partial charge in [0.1, 0.15) is 0 Å². The van der Waals surface area contributed by atoms with Crippen LogP contribution < -0.4 is 5.43 Å². The van der Waals surface area contributed by atoms with Gasteiger partial charge in [0.05, 0.1) is 0 Å². The van der Waals surface area contributed by atoms with Gasteiger partial charge in [0, 0.05) is 25.2 Å². The van der Waals surface area contributed by atoms with E-state index >= 15 is 0 Å². The third kappa shape index (κ3) is 3.75. The SMILES string of the molecule is Cl/C=C/CNN1CCCCC1. The first-order valence-electron chi connectivity index (χ1n) is 4.17. The molecule has 2 nitrogen and oxygen atoms in total. The van der Waals surface area contributed by atoms with E-state index in [9.17, 15) is 0 Å². The second kappa shape index (κ2) is 5.58. The Morgan fingerprint density at radius 1 is 1.27 bits per heavy atom. The molecule has 0 radical (unpaired) electrons. The minimum absolute atomic E-state index is 0.851. The highest BCUT2D eigenvalue weighted by Crippen LogP contribution is 2.05. The molecule has 0 saturated carbocycles. The zero-order chi connectivity index (χ0) is 7.94. The maximum absolute atomic E-state index is 5.38. The third-order valence-electron chi connectivity index (χ3n) is 1.88.